The molecule has 0 aliphatic carbocycles. The summed E-state index contributed by atoms with van der Waals surface area (Å²) in [7, 11) is 0. The van der Waals surface area contributed by atoms with Gasteiger partial charge >= 0.3 is 0 Å². The van der Waals surface area contributed by atoms with E-state index in [1.165, 1.54) is 18.7 Å². The minimum Gasteiger partial charge on any atom is -0.305 e. The van der Waals surface area contributed by atoms with Crippen LogP contribution in [0.3, 0.4) is 0 Å². The number of hydrogen-bond acceptors (Lipinski definition) is 3. The van der Waals surface area contributed by atoms with Crippen molar-refractivity contribution in [2.75, 3.05) is 5.75 Å². The number of carbonyl (C=O) groups is 2. The quantitative estimate of drug-likeness (QED) is 0.565. The lowest BCUT2D eigenvalue weighted by molar-refractivity contribution is -0.117. The van der Waals surface area contributed by atoms with Gasteiger partial charge in [0, 0.05) is 19.1 Å². The molecule has 1 heterocycles. The number of amidine groups is 1. The molecule has 0 aromatic heterocycles. The summed E-state index contributed by atoms with van der Waals surface area (Å²) in [5, 5.41) is 2.89. The molecule has 1 rings (SSSR count). The topological polar surface area (TPSA) is 58.5 Å². The van der Waals surface area contributed by atoms with Gasteiger partial charge in [-0.15, -0.1) is 0 Å². The second-order valence-electron chi connectivity index (χ2n) is 2.09. The molecule has 4 nitrogen and oxygen atoms in total. The predicted molar refractivity (Wildman–Crippen MR) is 43.3 cm³/mol. The van der Waals surface area contributed by atoms with Crippen LogP contribution in [0.25, 0.3) is 0 Å². The largest absolute Gasteiger partial charge is 0.305 e. The molecule has 0 spiro atoms. The Labute approximate surface area is 68.4 Å². The Morgan fingerprint density at radius 1 is 1.73 bits per heavy atom. The van der Waals surface area contributed by atoms with E-state index in [4.69, 9.17) is 0 Å². The van der Waals surface area contributed by atoms with Crippen molar-refractivity contribution in [3.63, 3.8) is 0 Å². The smallest absolute Gasteiger partial charge is 0.248 e. The fourth-order valence-corrected chi connectivity index (χ4v) is 1.50. The number of aliphatic imine (C=N–C) groups is 1. The molecule has 0 bridgehead atoms. The van der Waals surface area contributed by atoms with E-state index in [-0.39, 0.29) is 11.8 Å². The average molecular weight is 172 g/mol. The fraction of sp³-hybridized carbons (Fsp3) is 0.500. The standard InChI is InChI=1S/C6H8N2O2S/c1-4(9)7-6-8-5(10)2-3-11-6/h2-3H2,1H3,(H,7,8,9,10). The number of amides is 2. The SMILES string of the molecule is CC(=O)NC1=NC(=O)CCS1. The van der Waals surface area contributed by atoms with Gasteiger partial charge in [-0.2, -0.15) is 4.99 Å². The van der Waals surface area contributed by atoms with E-state index in [2.05, 4.69) is 10.3 Å². The first-order valence-corrected chi connectivity index (χ1v) is 4.19. The summed E-state index contributed by atoms with van der Waals surface area (Å²) >= 11 is 1.39. The lowest BCUT2D eigenvalue weighted by Gasteiger charge is -2.08. The van der Waals surface area contributed by atoms with Gasteiger partial charge in [0.05, 0.1) is 0 Å². The maximum atomic E-state index is 10.7. The van der Waals surface area contributed by atoms with Gasteiger partial charge < -0.3 is 5.32 Å². The van der Waals surface area contributed by atoms with Crippen LogP contribution < -0.4 is 5.32 Å². The van der Waals surface area contributed by atoms with Crippen molar-refractivity contribution in [3.8, 4) is 0 Å². The Morgan fingerprint density at radius 2 is 2.45 bits per heavy atom. The number of rotatable bonds is 0. The molecule has 0 fully saturated rings. The van der Waals surface area contributed by atoms with Crippen molar-refractivity contribution >= 4 is 28.7 Å². The highest BCUT2D eigenvalue weighted by Gasteiger charge is 2.12. The Balaban J connectivity index is 2.56. The number of carbonyl (C=O) groups excluding carboxylic acids is 2. The molecule has 60 valence electrons. The second-order valence-corrected chi connectivity index (χ2v) is 3.17. The first-order valence-electron chi connectivity index (χ1n) is 3.20. The zero-order chi connectivity index (χ0) is 8.27. The van der Waals surface area contributed by atoms with E-state index in [1.54, 1.807) is 0 Å². The van der Waals surface area contributed by atoms with Gasteiger partial charge in [-0.3, -0.25) is 9.59 Å². The van der Waals surface area contributed by atoms with Crippen molar-refractivity contribution in [2.24, 2.45) is 4.99 Å². The van der Waals surface area contributed by atoms with Crippen molar-refractivity contribution in [1.29, 1.82) is 0 Å². The fourth-order valence-electron chi connectivity index (χ4n) is 0.651. The minimum atomic E-state index is -0.189. The predicted octanol–water partition coefficient (Wildman–Crippen LogP) is 0.142. The summed E-state index contributed by atoms with van der Waals surface area (Å²) < 4.78 is 0. The third-order valence-electron chi connectivity index (χ3n) is 1.06. The van der Waals surface area contributed by atoms with Gasteiger partial charge in [0.1, 0.15) is 0 Å². The maximum absolute atomic E-state index is 10.7. The lowest BCUT2D eigenvalue weighted by atomic mass is 10.5. The summed E-state index contributed by atoms with van der Waals surface area (Å²) in [4.78, 5) is 24.8. The van der Waals surface area contributed by atoms with Crippen LogP contribution in [0, 0.1) is 0 Å². The molecule has 11 heavy (non-hydrogen) atoms. The van der Waals surface area contributed by atoms with E-state index in [0.29, 0.717) is 17.3 Å². The molecular formula is C6H8N2O2S. The summed E-state index contributed by atoms with van der Waals surface area (Å²) in [5.41, 5.74) is 0. The van der Waals surface area contributed by atoms with Crippen LogP contribution in [0.1, 0.15) is 13.3 Å². The van der Waals surface area contributed by atoms with Crippen molar-refractivity contribution in [3.05, 3.63) is 0 Å². The number of nitrogens with one attached hydrogen (secondary N) is 1. The lowest BCUT2D eigenvalue weighted by Crippen LogP contribution is -2.28. The van der Waals surface area contributed by atoms with Gasteiger partial charge in [0.2, 0.25) is 11.8 Å². The highest BCUT2D eigenvalue weighted by atomic mass is 32.2. The van der Waals surface area contributed by atoms with Crippen LogP contribution in [0.5, 0.6) is 0 Å². The Kier molecular flexibility index (Phi) is 2.64. The molecule has 2 amide bonds. The van der Waals surface area contributed by atoms with Gasteiger partial charge in [0.15, 0.2) is 5.17 Å². The zero-order valence-corrected chi connectivity index (χ0v) is 6.90. The summed E-state index contributed by atoms with van der Waals surface area (Å²) in [6.45, 7) is 1.39. The van der Waals surface area contributed by atoms with Gasteiger partial charge in [0.25, 0.3) is 0 Å². The molecule has 0 aromatic rings. The van der Waals surface area contributed by atoms with Crippen LogP contribution in [0.4, 0.5) is 0 Å². The monoisotopic (exact) mass is 172 g/mol. The van der Waals surface area contributed by atoms with Crippen molar-refractivity contribution in [1.82, 2.24) is 5.32 Å². The molecule has 0 radical (unpaired) electrons. The molecule has 0 aromatic carbocycles. The Morgan fingerprint density at radius 3 is 3.00 bits per heavy atom. The first-order chi connectivity index (χ1) is 5.18. The molecule has 1 N–H and O–H groups in total. The Hall–Kier alpha value is -0.840. The normalized spacial score (nSPS) is 17.5. The van der Waals surface area contributed by atoms with E-state index in [1.807, 2.05) is 0 Å². The molecule has 0 saturated carbocycles. The molecular weight excluding hydrogens is 164 g/mol. The summed E-state index contributed by atoms with van der Waals surface area (Å²) in [6.07, 6.45) is 0.466. The maximum Gasteiger partial charge on any atom is 0.248 e. The van der Waals surface area contributed by atoms with E-state index in [0.717, 1.165) is 0 Å². The molecule has 5 heteroatoms. The van der Waals surface area contributed by atoms with E-state index < -0.39 is 0 Å². The van der Waals surface area contributed by atoms with Crippen molar-refractivity contribution in [2.45, 2.75) is 13.3 Å². The average Bonchev–Trinajstić information content (AvgIpc) is 1.85. The molecule has 0 saturated heterocycles. The number of thioether (sulfide) groups is 1. The zero-order valence-electron chi connectivity index (χ0n) is 6.09. The van der Waals surface area contributed by atoms with Crippen molar-refractivity contribution < 1.29 is 9.59 Å². The third kappa shape index (κ3) is 2.71. The first kappa shape index (κ1) is 8.26. The van der Waals surface area contributed by atoms with Crippen LogP contribution in [0.2, 0.25) is 0 Å². The van der Waals surface area contributed by atoms with Crippen LogP contribution in [-0.2, 0) is 9.59 Å². The van der Waals surface area contributed by atoms with Crippen LogP contribution in [0.15, 0.2) is 4.99 Å². The highest BCUT2D eigenvalue weighted by Crippen LogP contribution is 2.10. The number of nitrogens with zero attached hydrogens (tertiary/aromatic N) is 1. The van der Waals surface area contributed by atoms with Crippen LogP contribution >= 0.6 is 11.8 Å². The van der Waals surface area contributed by atoms with Gasteiger partial charge in [-0.1, -0.05) is 11.8 Å². The van der Waals surface area contributed by atoms with Gasteiger partial charge in [-0.05, 0) is 0 Å². The molecule has 1 aliphatic rings. The highest BCUT2D eigenvalue weighted by molar-refractivity contribution is 8.14. The summed E-state index contributed by atoms with van der Waals surface area (Å²) in [6, 6.07) is 0. The molecule has 1 aliphatic heterocycles. The number of hydrogen-bond donors (Lipinski definition) is 1. The van der Waals surface area contributed by atoms with E-state index in [9.17, 15) is 9.59 Å². The minimum absolute atomic E-state index is 0.160. The van der Waals surface area contributed by atoms with Gasteiger partial charge in [-0.25, -0.2) is 0 Å². The van der Waals surface area contributed by atoms with Crippen LogP contribution in [-0.4, -0.2) is 22.7 Å². The molecule has 0 unspecified atom stereocenters. The molecule has 0 atom stereocenters. The Bertz CT molecular complexity index is 225. The summed E-state index contributed by atoms with van der Waals surface area (Å²) in [5.74, 6) is 0.358. The third-order valence-corrected chi connectivity index (χ3v) is 1.94. The van der Waals surface area contributed by atoms with E-state index >= 15 is 0 Å². The second kappa shape index (κ2) is 3.52.